The molecule has 0 radical (unpaired) electrons. The maximum absolute atomic E-state index is 12.9. The molecule has 0 saturated heterocycles. The van der Waals surface area contributed by atoms with Gasteiger partial charge < -0.3 is 9.84 Å². The number of nitrogens with zero attached hydrogens (tertiary/aromatic N) is 1. The fourth-order valence-electron chi connectivity index (χ4n) is 2.38. The molecule has 0 aliphatic carbocycles. The fourth-order valence-corrected chi connectivity index (χ4v) is 3.86. The van der Waals surface area contributed by atoms with Gasteiger partial charge in [-0.05, 0) is 49.7 Å². The first-order valence-electron chi connectivity index (χ1n) is 7.21. The largest absolute Gasteiger partial charge is 0.497 e. The maximum Gasteiger partial charge on any atom is 0.324 e. The van der Waals surface area contributed by atoms with Crippen molar-refractivity contribution >= 4 is 21.7 Å². The average Bonchev–Trinajstić information content (AvgIpc) is 2.53. The van der Waals surface area contributed by atoms with E-state index in [2.05, 4.69) is 0 Å². The van der Waals surface area contributed by atoms with Gasteiger partial charge in [0.25, 0.3) is 10.0 Å². The zero-order chi connectivity index (χ0) is 17.9. The Morgan fingerprint density at radius 3 is 2.25 bits per heavy atom. The van der Waals surface area contributed by atoms with E-state index in [1.54, 1.807) is 19.1 Å². The van der Waals surface area contributed by atoms with Crippen LogP contribution in [0.3, 0.4) is 0 Å². The molecule has 0 fully saturated rings. The summed E-state index contributed by atoms with van der Waals surface area (Å²) in [7, 11) is -2.53. The average molecular weight is 349 g/mol. The minimum atomic E-state index is -4.01. The number of anilines is 1. The van der Waals surface area contributed by atoms with Gasteiger partial charge in [0.15, 0.2) is 0 Å². The predicted octanol–water partition coefficient (Wildman–Crippen LogP) is 2.59. The number of ether oxygens (including phenoxy) is 1. The Bertz CT molecular complexity index is 844. The first-order chi connectivity index (χ1) is 11.3. The number of aliphatic carboxylic acids is 1. The van der Waals surface area contributed by atoms with Gasteiger partial charge in [-0.15, -0.1) is 0 Å². The zero-order valence-corrected chi connectivity index (χ0v) is 14.5. The van der Waals surface area contributed by atoms with Crippen molar-refractivity contribution in [3.05, 3.63) is 53.6 Å². The minimum Gasteiger partial charge on any atom is -0.497 e. The number of carboxylic acids is 1. The molecule has 0 bridgehead atoms. The molecule has 0 unspecified atom stereocenters. The van der Waals surface area contributed by atoms with Gasteiger partial charge in [0.1, 0.15) is 12.3 Å². The van der Waals surface area contributed by atoms with Gasteiger partial charge in [-0.1, -0.05) is 17.7 Å². The fraction of sp³-hybridized carbons (Fsp3) is 0.235. The number of carbonyl (C=O) groups is 1. The lowest BCUT2D eigenvalue weighted by atomic mass is 10.1. The summed E-state index contributed by atoms with van der Waals surface area (Å²) < 4.78 is 31.8. The van der Waals surface area contributed by atoms with E-state index in [-0.39, 0.29) is 4.90 Å². The SMILES string of the molecule is COc1ccc(S(=O)(=O)N(CC(=O)O)c2ccc(C)cc2C)cc1. The van der Waals surface area contributed by atoms with Crippen LogP contribution in [0.2, 0.25) is 0 Å². The van der Waals surface area contributed by atoms with E-state index in [0.717, 1.165) is 9.87 Å². The Balaban J connectivity index is 2.54. The van der Waals surface area contributed by atoms with Gasteiger partial charge in [0.2, 0.25) is 0 Å². The molecule has 128 valence electrons. The molecule has 0 atom stereocenters. The van der Waals surface area contributed by atoms with Crippen molar-refractivity contribution in [3.8, 4) is 5.75 Å². The van der Waals surface area contributed by atoms with Gasteiger partial charge >= 0.3 is 5.97 Å². The summed E-state index contributed by atoms with van der Waals surface area (Å²) in [5.74, 6) is -0.711. The molecule has 0 spiro atoms. The van der Waals surface area contributed by atoms with E-state index < -0.39 is 22.5 Å². The number of hydrogen-bond acceptors (Lipinski definition) is 4. The Kier molecular flexibility index (Phi) is 5.14. The molecule has 2 rings (SSSR count). The molecule has 0 saturated carbocycles. The monoisotopic (exact) mass is 349 g/mol. The number of rotatable bonds is 6. The second-order valence-electron chi connectivity index (χ2n) is 5.37. The Hall–Kier alpha value is -2.54. The summed E-state index contributed by atoms with van der Waals surface area (Å²) in [5.41, 5.74) is 2.00. The summed E-state index contributed by atoms with van der Waals surface area (Å²) >= 11 is 0. The van der Waals surface area contributed by atoms with Crippen LogP contribution in [0.25, 0.3) is 0 Å². The number of carboxylic acid groups (broad SMARTS) is 1. The summed E-state index contributed by atoms with van der Waals surface area (Å²) in [6, 6.07) is 11.0. The van der Waals surface area contributed by atoms with Crippen LogP contribution in [0.1, 0.15) is 11.1 Å². The summed E-state index contributed by atoms with van der Waals surface area (Å²) in [6.07, 6.45) is 0. The third-order valence-electron chi connectivity index (χ3n) is 3.55. The number of sulfonamides is 1. The van der Waals surface area contributed by atoms with Crippen LogP contribution in [0.15, 0.2) is 47.4 Å². The van der Waals surface area contributed by atoms with Crippen molar-refractivity contribution < 1.29 is 23.1 Å². The smallest absolute Gasteiger partial charge is 0.324 e. The highest BCUT2D eigenvalue weighted by molar-refractivity contribution is 7.92. The van der Waals surface area contributed by atoms with Crippen molar-refractivity contribution in [3.63, 3.8) is 0 Å². The predicted molar refractivity (Wildman–Crippen MR) is 91.1 cm³/mol. The van der Waals surface area contributed by atoms with Gasteiger partial charge in [-0.25, -0.2) is 8.42 Å². The molecule has 7 heteroatoms. The maximum atomic E-state index is 12.9. The summed E-state index contributed by atoms with van der Waals surface area (Å²) in [4.78, 5) is 11.2. The molecule has 1 N–H and O–H groups in total. The molecule has 0 amide bonds. The number of methoxy groups -OCH3 is 1. The Morgan fingerprint density at radius 2 is 1.75 bits per heavy atom. The van der Waals surface area contributed by atoms with Gasteiger partial charge in [-0.2, -0.15) is 0 Å². The van der Waals surface area contributed by atoms with Crippen LogP contribution in [0.5, 0.6) is 5.75 Å². The van der Waals surface area contributed by atoms with E-state index >= 15 is 0 Å². The van der Waals surface area contributed by atoms with Crippen LogP contribution in [-0.4, -0.2) is 33.1 Å². The molecular weight excluding hydrogens is 330 g/mol. The first kappa shape index (κ1) is 17.8. The van der Waals surface area contributed by atoms with E-state index in [0.29, 0.717) is 17.0 Å². The van der Waals surface area contributed by atoms with Crippen LogP contribution >= 0.6 is 0 Å². The third-order valence-corrected chi connectivity index (χ3v) is 5.32. The molecular formula is C17H19NO5S. The lowest BCUT2D eigenvalue weighted by Gasteiger charge is -2.24. The van der Waals surface area contributed by atoms with E-state index in [1.807, 2.05) is 13.0 Å². The van der Waals surface area contributed by atoms with Crippen molar-refractivity contribution in [2.24, 2.45) is 0 Å². The summed E-state index contributed by atoms with van der Waals surface area (Å²) in [5, 5.41) is 9.16. The van der Waals surface area contributed by atoms with Gasteiger partial charge in [0.05, 0.1) is 17.7 Å². The minimum absolute atomic E-state index is 0.00419. The van der Waals surface area contributed by atoms with Crippen LogP contribution in [0.4, 0.5) is 5.69 Å². The van der Waals surface area contributed by atoms with E-state index in [4.69, 9.17) is 9.84 Å². The summed E-state index contributed by atoms with van der Waals surface area (Å²) in [6.45, 7) is 2.98. The highest BCUT2D eigenvalue weighted by atomic mass is 32.2. The molecule has 0 aliphatic heterocycles. The van der Waals surface area contributed by atoms with E-state index in [9.17, 15) is 13.2 Å². The highest BCUT2D eigenvalue weighted by Crippen LogP contribution is 2.28. The van der Waals surface area contributed by atoms with Crippen molar-refractivity contribution in [1.82, 2.24) is 0 Å². The quantitative estimate of drug-likeness (QED) is 0.866. The normalized spacial score (nSPS) is 11.1. The number of benzene rings is 2. The highest BCUT2D eigenvalue weighted by Gasteiger charge is 2.28. The van der Waals surface area contributed by atoms with Crippen molar-refractivity contribution in [1.29, 1.82) is 0 Å². The Labute approximate surface area is 141 Å². The molecule has 0 heterocycles. The molecule has 0 aliphatic rings. The number of hydrogen-bond donors (Lipinski definition) is 1. The first-order valence-corrected chi connectivity index (χ1v) is 8.65. The van der Waals surface area contributed by atoms with Gasteiger partial charge in [0, 0.05) is 0 Å². The van der Waals surface area contributed by atoms with Crippen LogP contribution < -0.4 is 9.04 Å². The van der Waals surface area contributed by atoms with Crippen LogP contribution in [-0.2, 0) is 14.8 Å². The lowest BCUT2D eigenvalue weighted by molar-refractivity contribution is -0.135. The molecule has 24 heavy (non-hydrogen) atoms. The van der Waals surface area contributed by atoms with E-state index in [1.165, 1.54) is 31.4 Å². The van der Waals surface area contributed by atoms with Crippen LogP contribution in [0, 0.1) is 13.8 Å². The molecule has 0 aromatic heterocycles. The zero-order valence-electron chi connectivity index (χ0n) is 13.7. The number of aryl methyl sites for hydroxylation is 2. The molecule has 6 nitrogen and oxygen atoms in total. The second-order valence-corrected chi connectivity index (χ2v) is 7.23. The van der Waals surface area contributed by atoms with Crippen molar-refractivity contribution in [2.45, 2.75) is 18.7 Å². The van der Waals surface area contributed by atoms with Gasteiger partial charge in [-0.3, -0.25) is 9.10 Å². The molecule has 2 aromatic carbocycles. The standard InChI is InChI=1S/C17H19NO5S/c1-12-4-9-16(13(2)10-12)18(11-17(19)20)24(21,22)15-7-5-14(23-3)6-8-15/h4-10H,11H2,1-3H3,(H,19,20). The van der Waals surface area contributed by atoms with Crippen molar-refractivity contribution in [2.75, 3.05) is 18.0 Å². The lowest BCUT2D eigenvalue weighted by Crippen LogP contribution is -2.36. The second kappa shape index (κ2) is 6.92. The molecule has 2 aromatic rings. The third kappa shape index (κ3) is 3.68. The topological polar surface area (TPSA) is 83.9 Å². The Morgan fingerprint density at radius 1 is 1.12 bits per heavy atom.